The first-order valence-electron chi connectivity index (χ1n) is 9.57. The van der Waals surface area contributed by atoms with Gasteiger partial charge in [-0.2, -0.15) is 0 Å². The molecule has 0 spiro atoms. The second-order valence-corrected chi connectivity index (χ2v) is 7.79. The van der Waals surface area contributed by atoms with Gasteiger partial charge in [-0.25, -0.2) is 4.98 Å². The van der Waals surface area contributed by atoms with Crippen molar-refractivity contribution in [3.63, 3.8) is 0 Å². The third kappa shape index (κ3) is 9.32. The number of benzene rings is 2. The minimum Gasteiger partial charge on any atom is -0.494 e. The smallest absolute Gasteiger partial charge is 0.291 e. The van der Waals surface area contributed by atoms with Crippen LogP contribution >= 0.6 is 34.8 Å². The Morgan fingerprint density at radius 3 is 2.16 bits per heavy atom. The van der Waals surface area contributed by atoms with Crippen molar-refractivity contribution in [2.24, 2.45) is 0 Å². The normalized spacial score (nSPS) is 12.3. The molecule has 1 heterocycles. The van der Waals surface area contributed by atoms with Crippen molar-refractivity contribution in [1.29, 1.82) is 0 Å². The van der Waals surface area contributed by atoms with E-state index in [0.29, 0.717) is 23.3 Å². The van der Waals surface area contributed by atoms with Crippen molar-refractivity contribution in [2.75, 3.05) is 13.2 Å². The maximum atomic E-state index is 8.36. The largest absolute Gasteiger partial charge is 0.494 e. The van der Waals surface area contributed by atoms with Crippen LogP contribution in [0.25, 0.3) is 0 Å². The van der Waals surface area contributed by atoms with Gasteiger partial charge in [0.05, 0.1) is 12.9 Å². The van der Waals surface area contributed by atoms with E-state index < -0.39 is 10.6 Å². The van der Waals surface area contributed by atoms with Gasteiger partial charge in [-0.1, -0.05) is 46.9 Å². The van der Waals surface area contributed by atoms with Gasteiger partial charge in [0.25, 0.3) is 5.09 Å². The zero-order valence-electron chi connectivity index (χ0n) is 16.9. The topological polar surface area (TPSA) is 99.7 Å². The molecule has 0 bridgehead atoms. The Bertz CT molecular complexity index is 921. The van der Waals surface area contributed by atoms with E-state index in [-0.39, 0.29) is 6.10 Å². The number of nitrogens with zero attached hydrogens (tertiary/aromatic N) is 3. The van der Waals surface area contributed by atoms with Crippen LogP contribution in [0.1, 0.15) is 30.0 Å². The molecule has 0 saturated heterocycles. The van der Waals surface area contributed by atoms with Crippen LogP contribution in [0.3, 0.4) is 0 Å². The lowest BCUT2D eigenvalue weighted by atomic mass is 10.1. The summed E-state index contributed by atoms with van der Waals surface area (Å²) in [4.78, 5) is 12.4. The van der Waals surface area contributed by atoms with Gasteiger partial charge in [-0.05, 0) is 54.8 Å². The Hall–Kier alpha value is -2.52. The molecule has 2 aromatic carbocycles. The van der Waals surface area contributed by atoms with Crippen LogP contribution in [0.4, 0.5) is 0 Å². The summed E-state index contributed by atoms with van der Waals surface area (Å²) in [7, 11) is 0. The number of rotatable bonds is 10. The van der Waals surface area contributed by atoms with Crippen LogP contribution in [0.2, 0.25) is 10.0 Å². The van der Waals surface area contributed by atoms with E-state index in [1.54, 1.807) is 12.5 Å². The molecule has 0 amide bonds. The third-order valence-electron chi connectivity index (χ3n) is 4.18. The molecule has 11 heteroatoms. The predicted octanol–water partition coefficient (Wildman–Crippen LogP) is 6.20. The molecule has 172 valence electrons. The zero-order valence-corrected chi connectivity index (χ0v) is 19.2. The lowest BCUT2D eigenvalue weighted by Crippen LogP contribution is -2.16. The first-order chi connectivity index (χ1) is 15.4. The molecular weight excluding hydrogens is 481 g/mol. The van der Waals surface area contributed by atoms with Gasteiger partial charge < -0.3 is 19.2 Å². The van der Waals surface area contributed by atoms with Crippen LogP contribution in [0.5, 0.6) is 5.75 Å². The molecule has 8 nitrogen and oxygen atoms in total. The maximum absolute atomic E-state index is 8.36. The quantitative estimate of drug-likeness (QED) is 0.153. The minimum absolute atomic E-state index is 0.315. The molecule has 32 heavy (non-hydrogen) atoms. The van der Waals surface area contributed by atoms with E-state index in [1.165, 1.54) is 0 Å². The van der Waals surface area contributed by atoms with Crippen molar-refractivity contribution >= 4 is 34.8 Å². The fourth-order valence-electron chi connectivity index (χ4n) is 2.69. The van der Waals surface area contributed by atoms with Crippen molar-refractivity contribution in [3.05, 3.63) is 93.0 Å². The number of hydrogen-bond donors (Lipinski definition) is 1. The lowest BCUT2D eigenvalue weighted by Gasteiger charge is -2.24. The molecule has 2 unspecified atom stereocenters. The van der Waals surface area contributed by atoms with E-state index in [9.17, 15) is 0 Å². The minimum atomic E-state index is -1.50. The van der Waals surface area contributed by atoms with E-state index in [1.807, 2.05) is 59.3 Å². The summed E-state index contributed by atoms with van der Waals surface area (Å²) < 4.78 is 13.7. The van der Waals surface area contributed by atoms with Crippen LogP contribution in [0.15, 0.2) is 67.3 Å². The molecule has 0 fully saturated rings. The number of unbranched alkanes of at least 4 members (excludes halogenated alkanes) is 1. The first-order valence-corrected chi connectivity index (χ1v) is 10.8. The number of aromatic nitrogens is 2. The highest BCUT2D eigenvalue weighted by molar-refractivity contribution is 6.30. The van der Waals surface area contributed by atoms with E-state index >= 15 is 0 Å². The number of halogens is 3. The van der Waals surface area contributed by atoms with Crippen LogP contribution in [-0.4, -0.2) is 33.1 Å². The van der Waals surface area contributed by atoms with Crippen molar-refractivity contribution < 1.29 is 19.8 Å². The highest BCUT2D eigenvalue weighted by atomic mass is 35.5. The Morgan fingerprint density at radius 2 is 1.59 bits per heavy atom. The van der Waals surface area contributed by atoms with E-state index in [2.05, 4.69) is 4.98 Å². The molecule has 0 aliphatic carbocycles. The van der Waals surface area contributed by atoms with Gasteiger partial charge in [0.1, 0.15) is 17.4 Å². The molecule has 0 radical (unpaired) electrons. The zero-order chi connectivity index (χ0) is 23.3. The molecule has 0 aliphatic heterocycles. The molecule has 1 aromatic heterocycles. The average Bonchev–Trinajstić information content (AvgIpc) is 3.30. The molecule has 2 atom stereocenters. The van der Waals surface area contributed by atoms with Gasteiger partial charge in [-0.15, -0.1) is 10.1 Å². The molecule has 3 aromatic rings. The summed E-state index contributed by atoms with van der Waals surface area (Å²) in [5.74, 6) is 0.810. The van der Waals surface area contributed by atoms with Crippen molar-refractivity contribution in [2.45, 2.75) is 24.4 Å². The van der Waals surface area contributed by atoms with Crippen LogP contribution < -0.4 is 4.74 Å². The number of hydrogen-bond acceptors (Lipinski definition) is 5. The van der Waals surface area contributed by atoms with Gasteiger partial charge in [0.15, 0.2) is 0 Å². The fraction of sp³-hybridized carbons (Fsp3) is 0.286. The highest BCUT2D eigenvalue weighted by Crippen LogP contribution is 2.34. The summed E-state index contributed by atoms with van der Waals surface area (Å²) in [5, 5.41) is 15.0. The summed E-state index contributed by atoms with van der Waals surface area (Å²) >= 11 is 18.5. The number of alkyl halides is 1. The summed E-state index contributed by atoms with van der Waals surface area (Å²) in [5.41, 5.74) is 0.560. The summed E-state index contributed by atoms with van der Waals surface area (Å²) in [6, 6.07) is 14.9. The first kappa shape index (κ1) is 25.7. The Kier molecular flexibility index (Phi) is 11.1. The fourth-order valence-corrected chi connectivity index (χ4v) is 3.28. The number of imidazole rings is 1. The lowest BCUT2D eigenvalue weighted by molar-refractivity contribution is -0.742. The molecule has 0 aliphatic rings. The average molecular weight is 503 g/mol. The third-order valence-corrected chi connectivity index (χ3v) is 5.13. The van der Waals surface area contributed by atoms with E-state index in [4.69, 9.17) is 59.6 Å². The monoisotopic (exact) mass is 501 g/mol. The van der Waals surface area contributed by atoms with Gasteiger partial charge >= 0.3 is 0 Å². The van der Waals surface area contributed by atoms with Crippen molar-refractivity contribution in [3.8, 4) is 5.75 Å². The summed E-state index contributed by atoms with van der Waals surface area (Å²) in [6.07, 6.45) is 6.61. The predicted molar refractivity (Wildman–Crippen MR) is 122 cm³/mol. The Labute approximate surface area is 200 Å². The summed E-state index contributed by atoms with van der Waals surface area (Å²) in [6.45, 7) is 1.18. The van der Waals surface area contributed by atoms with Gasteiger partial charge in [0, 0.05) is 29.0 Å². The maximum Gasteiger partial charge on any atom is 0.291 e. The van der Waals surface area contributed by atoms with Gasteiger partial charge in [-0.3, -0.25) is 0 Å². The standard InChI is InChI=1S/C21H21Cl3N2O2.HNO3/c22-17-5-3-16(4-6-17)20(21(24)26-12-11-25-15-26)28-14-2-1-13-27-19-9-7-18(23)8-10-19;2-1(3)4/h3-12,15,20-21H,1-2,13-14H2;(H,2,3,4). The Morgan fingerprint density at radius 1 is 1.03 bits per heavy atom. The molecule has 1 N–H and O–H groups in total. The van der Waals surface area contributed by atoms with Crippen LogP contribution in [0, 0.1) is 10.1 Å². The van der Waals surface area contributed by atoms with Crippen molar-refractivity contribution in [1.82, 2.24) is 9.55 Å². The van der Waals surface area contributed by atoms with Gasteiger partial charge in [0.2, 0.25) is 0 Å². The Balaban J connectivity index is 0.000000837. The second-order valence-electron chi connectivity index (χ2n) is 6.47. The molecular formula is C21H22Cl3N3O5. The SMILES string of the molecule is Clc1ccc(OCCCCOC(c2ccc(Cl)cc2)C(Cl)n2ccnc2)cc1.O=[N+]([O-])O. The number of ether oxygens (including phenoxy) is 2. The molecule has 3 rings (SSSR count). The van der Waals surface area contributed by atoms with Crippen LogP contribution in [-0.2, 0) is 4.74 Å². The van der Waals surface area contributed by atoms with E-state index in [0.717, 1.165) is 24.2 Å². The highest BCUT2D eigenvalue weighted by Gasteiger charge is 2.23. The second kappa shape index (κ2) is 13.8. The molecule has 0 saturated carbocycles.